The fourth-order valence-electron chi connectivity index (χ4n) is 3.98. The largest absolute Gasteiger partial charge is 0.338 e. The number of hydrogen-bond acceptors (Lipinski definition) is 3. The molecule has 0 bridgehead atoms. The number of para-hydroxylation sites is 1. The van der Waals surface area contributed by atoms with Crippen LogP contribution in [0.1, 0.15) is 29.7 Å². The van der Waals surface area contributed by atoms with Crippen molar-refractivity contribution in [1.29, 1.82) is 0 Å². The molecule has 1 aliphatic heterocycles. The van der Waals surface area contributed by atoms with Gasteiger partial charge in [-0.2, -0.15) is 0 Å². The van der Waals surface area contributed by atoms with Gasteiger partial charge in [0, 0.05) is 33.1 Å². The van der Waals surface area contributed by atoms with E-state index in [0.717, 1.165) is 29.8 Å². The van der Waals surface area contributed by atoms with E-state index in [1.165, 1.54) is 4.68 Å². The fraction of sp³-hybridized carbons (Fsp3) is 0.292. The quantitative estimate of drug-likeness (QED) is 0.627. The number of aromatic nitrogens is 2. The van der Waals surface area contributed by atoms with Crippen LogP contribution in [-0.2, 0) is 24.9 Å². The Kier molecular flexibility index (Phi) is 6.11. The summed E-state index contributed by atoms with van der Waals surface area (Å²) in [6.45, 7) is 3.48. The van der Waals surface area contributed by atoms with Gasteiger partial charge >= 0.3 is 6.03 Å². The molecule has 1 fully saturated rings. The van der Waals surface area contributed by atoms with Gasteiger partial charge in [-0.05, 0) is 36.6 Å². The minimum atomic E-state index is -0.448. The lowest BCUT2D eigenvalue weighted by molar-refractivity contribution is -0.128. The van der Waals surface area contributed by atoms with Crippen LogP contribution in [0.4, 0.5) is 10.5 Å². The van der Waals surface area contributed by atoms with Crippen LogP contribution in [0, 0.1) is 6.92 Å². The summed E-state index contributed by atoms with van der Waals surface area (Å²) in [7, 11) is 1.78. The number of rotatable bonds is 6. The number of carbonyl (C=O) groups excluding carboxylic acids is 2. The molecule has 1 saturated heterocycles. The number of nitrogens with zero attached hydrogens (tertiary/aromatic N) is 3. The third-order valence-electron chi connectivity index (χ3n) is 5.78. The van der Waals surface area contributed by atoms with Crippen molar-refractivity contribution in [2.45, 2.75) is 32.9 Å². The molecule has 0 unspecified atom stereocenters. The first kappa shape index (κ1) is 21.4. The molecule has 1 aromatic heterocycles. The van der Waals surface area contributed by atoms with E-state index in [1.54, 1.807) is 18.7 Å². The Balaban J connectivity index is 1.41. The highest BCUT2D eigenvalue weighted by Gasteiger charge is 2.20. The van der Waals surface area contributed by atoms with Gasteiger partial charge in [0.1, 0.15) is 5.69 Å². The number of urea groups is 1. The van der Waals surface area contributed by atoms with Crippen LogP contribution in [0.3, 0.4) is 0 Å². The predicted octanol–water partition coefficient (Wildman–Crippen LogP) is 2.93. The van der Waals surface area contributed by atoms with Gasteiger partial charge < -0.3 is 15.5 Å². The van der Waals surface area contributed by atoms with Crippen molar-refractivity contribution < 1.29 is 9.59 Å². The van der Waals surface area contributed by atoms with Crippen molar-refractivity contribution in [2.75, 3.05) is 11.9 Å². The molecule has 2 heterocycles. The number of likely N-dealkylation sites (tertiary alicyclic amines) is 1. The van der Waals surface area contributed by atoms with E-state index in [1.807, 2.05) is 59.5 Å². The second-order valence-corrected chi connectivity index (χ2v) is 7.98. The van der Waals surface area contributed by atoms with E-state index in [9.17, 15) is 14.4 Å². The zero-order valence-corrected chi connectivity index (χ0v) is 18.3. The van der Waals surface area contributed by atoms with E-state index in [-0.39, 0.29) is 17.2 Å². The Morgan fingerprint density at radius 1 is 1.03 bits per heavy atom. The van der Waals surface area contributed by atoms with E-state index >= 15 is 0 Å². The average molecular weight is 434 g/mol. The van der Waals surface area contributed by atoms with Crippen LogP contribution in [0.15, 0.2) is 59.4 Å². The molecule has 166 valence electrons. The highest BCUT2D eigenvalue weighted by Crippen LogP contribution is 2.16. The summed E-state index contributed by atoms with van der Waals surface area (Å²) in [5.74, 6) is 0.187. The maximum absolute atomic E-state index is 12.9. The predicted molar refractivity (Wildman–Crippen MR) is 123 cm³/mol. The van der Waals surface area contributed by atoms with Crippen molar-refractivity contribution in [3.05, 3.63) is 81.8 Å². The van der Waals surface area contributed by atoms with Crippen molar-refractivity contribution in [1.82, 2.24) is 19.6 Å². The van der Waals surface area contributed by atoms with Crippen LogP contribution in [0.25, 0.3) is 5.69 Å². The average Bonchev–Trinajstić information content (AvgIpc) is 3.29. The van der Waals surface area contributed by atoms with Crippen molar-refractivity contribution in [3.63, 3.8) is 0 Å². The topological polar surface area (TPSA) is 88.4 Å². The van der Waals surface area contributed by atoms with E-state index < -0.39 is 6.03 Å². The number of nitrogens with one attached hydrogen (secondary N) is 2. The molecule has 32 heavy (non-hydrogen) atoms. The Morgan fingerprint density at radius 3 is 2.50 bits per heavy atom. The number of carbonyl (C=O) groups is 2. The van der Waals surface area contributed by atoms with E-state index in [4.69, 9.17) is 0 Å². The van der Waals surface area contributed by atoms with Gasteiger partial charge in [0.15, 0.2) is 0 Å². The van der Waals surface area contributed by atoms with Crippen molar-refractivity contribution >= 4 is 17.6 Å². The highest BCUT2D eigenvalue weighted by atomic mass is 16.2. The molecular formula is C24H27N5O3. The molecule has 8 nitrogen and oxygen atoms in total. The van der Waals surface area contributed by atoms with Gasteiger partial charge in [0.05, 0.1) is 11.4 Å². The molecule has 2 N–H and O–H groups in total. The minimum absolute atomic E-state index is 0.187. The first-order chi connectivity index (χ1) is 15.4. The maximum atomic E-state index is 12.9. The molecule has 0 atom stereocenters. The molecule has 8 heteroatoms. The maximum Gasteiger partial charge on any atom is 0.319 e. The molecule has 0 spiro atoms. The Morgan fingerprint density at radius 2 is 1.78 bits per heavy atom. The molecule has 0 aliphatic carbocycles. The Hall–Kier alpha value is -3.81. The lowest BCUT2D eigenvalue weighted by Gasteiger charge is -2.16. The SMILES string of the molecule is Cc1c(NC(=O)NCc2cccc(CN3CCCC3=O)c2)c(=O)n(-c2ccccc2)n1C. The first-order valence-electron chi connectivity index (χ1n) is 10.7. The Bertz CT molecular complexity index is 1200. The molecule has 0 saturated carbocycles. The number of hydrogen-bond donors (Lipinski definition) is 2. The molecule has 3 aromatic rings. The van der Waals surface area contributed by atoms with Gasteiger partial charge in [-0.15, -0.1) is 0 Å². The van der Waals surface area contributed by atoms with Crippen LogP contribution in [-0.4, -0.2) is 32.7 Å². The van der Waals surface area contributed by atoms with Crippen molar-refractivity contribution in [3.8, 4) is 5.69 Å². The molecule has 3 amide bonds. The van der Waals surface area contributed by atoms with Crippen LogP contribution in [0.5, 0.6) is 0 Å². The van der Waals surface area contributed by atoms with Gasteiger partial charge in [-0.1, -0.05) is 42.5 Å². The standard InChI is InChI=1S/C24H27N5O3/c1-17-22(23(31)29(27(17)2)20-10-4-3-5-11-20)26-24(32)25-15-18-8-6-9-19(14-18)16-28-13-7-12-21(28)30/h3-6,8-11,14H,7,12-13,15-16H2,1-2H3,(H2,25,26,32). The summed E-state index contributed by atoms with van der Waals surface area (Å²) in [5.41, 5.74) is 3.30. The minimum Gasteiger partial charge on any atom is -0.338 e. The monoisotopic (exact) mass is 433 g/mol. The summed E-state index contributed by atoms with van der Waals surface area (Å²) in [6, 6.07) is 16.6. The zero-order chi connectivity index (χ0) is 22.7. The second-order valence-electron chi connectivity index (χ2n) is 7.98. The smallest absolute Gasteiger partial charge is 0.319 e. The third kappa shape index (κ3) is 4.44. The summed E-state index contributed by atoms with van der Waals surface area (Å²) in [4.78, 5) is 39.2. The highest BCUT2D eigenvalue weighted by molar-refractivity contribution is 5.89. The van der Waals surface area contributed by atoms with Gasteiger partial charge in [0.25, 0.3) is 5.56 Å². The van der Waals surface area contributed by atoms with E-state index in [0.29, 0.717) is 25.2 Å². The van der Waals surface area contributed by atoms with E-state index in [2.05, 4.69) is 10.6 Å². The number of anilines is 1. The molecular weight excluding hydrogens is 406 g/mol. The lowest BCUT2D eigenvalue weighted by atomic mass is 10.1. The molecule has 0 radical (unpaired) electrons. The first-order valence-corrected chi connectivity index (χ1v) is 10.7. The van der Waals surface area contributed by atoms with Gasteiger partial charge in [-0.25, -0.2) is 9.48 Å². The third-order valence-corrected chi connectivity index (χ3v) is 5.78. The van der Waals surface area contributed by atoms with Crippen LogP contribution in [0.2, 0.25) is 0 Å². The summed E-state index contributed by atoms with van der Waals surface area (Å²) in [5, 5.41) is 5.51. The van der Waals surface area contributed by atoms with Gasteiger partial charge in [-0.3, -0.25) is 14.3 Å². The molecule has 2 aromatic carbocycles. The summed E-state index contributed by atoms with van der Waals surface area (Å²) >= 11 is 0. The van der Waals surface area contributed by atoms with Crippen LogP contribution < -0.4 is 16.2 Å². The Labute approximate surface area is 186 Å². The number of benzene rings is 2. The summed E-state index contributed by atoms with van der Waals surface area (Å²) in [6.07, 6.45) is 1.53. The molecule has 1 aliphatic rings. The fourth-order valence-corrected chi connectivity index (χ4v) is 3.98. The second kappa shape index (κ2) is 9.13. The van der Waals surface area contributed by atoms with Crippen LogP contribution >= 0.6 is 0 Å². The molecule has 4 rings (SSSR count). The zero-order valence-electron chi connectivity index (χ0n) is 18.3. The summed E-state index contributed by atoms with van der Waals surface area (Å²) < 4.78 is 3.24. The van der Waals surface area contributed by atoms with Gasteiger partial charge in [0.2, 0.25) is 5.91 Å². The normalized spacial score (nSPS) is 13.4. The van der Waals surface area contributed by atoms with Crippen molar-refractivity contribution in [2.24, 2.45) is 7.05 Å². The number of amides is 3. The lowest BCUT2D eigenvalue weighted by Crippen LogP contribution is -2.31.